The predicted molar refractivity (Wildman–Crippen MR) is 72.6 cm³/mol. The first-order valence-corrected chi connectivity index (χ1v) is 7.40. The first-order chi connectivity index (χ1) is 8.76. The Labute approximate surface area is 111 Å². The molecule has 0 spiro atoms. The fraction of sp³-hybridized carbons (Fsp3) is 0.615. The summed E-state index contributed by atoms with van der Waals surface area (Å²) in [4.78, 5) is 16.5. The Hall–Kier alpha value is -0.910. The van der Waals surface area contributed by atoms with Crippen molar-refractivity contribution in [3.63, 3.8) is 0 Å². The van der Waals surface area contributed by atoms with Crippen LogP contribution >= 0.6 is 11.3 Å². The van der Waals surface area contributed by atoms with E-state index >= 15 is 0 Å². The van der Waals surface area contributed by atoms with Gasteiger partial charge in [-0.2, -0.15) is 0 Å². The summed E-state index contributed by atoms with van der Waals surface area (Å²) in [6.07, 6.45) is 2.45. The SMILES string of the molecule is NCc1ccc(C(=O)N[C@H]2CN3CCC2CC3)s1. The number of nitrogens with zero attached hydrogens (tertiary/aromatic N) is 1. The van der Waals surface area contributed by atoms with Crippen LogP contribution in [0.25, 0.3) is 0 Å². The molecule has 1 aromatic rings. The lowest BCUT2D eigenvalue weighted by atomic mass is 9.84. The Morgan fingerprint density at radius 1 is 1.44 bits per heavy atom. The molecule has 1 amide bonds. The number of hydrogen-bond acceptors (Lipinski definition) is 4. The molecular weight excluding hydrogens is 246 g/mol. The number of fused-ring (bicyclic) bond motifs is 3. The lowest BCUT2D eigenvalue weighted by Crippen LogP contribution is -2.57. The first kappa shape index (κ1) is 12.1. The van der Waals surface area contributed by atoms with Crippen molar-refractivity contribution in [1.29, 1.82) is 0 Å². The highest BCUT2D eigenvalue weighted by Gasteiger charge is 2.35. The lowest BCUT2D eigenvalue weighted by molar-refractivity contribution is 0.0622. The van der Waals surface area contributed by atoms with Gasteiger partial charge >= 0.3 is 0 Å². The minimum atomic E-state index is 0.0680. The van der Waals surface area contributed by atoms with Gasteiger partial charge in [0.1, 0.15) is 0 Å². The standard InChI is InChI=1S/C13H19N3OS/c14-7-10-1-2-12(18-10)13(17)15-11-8-16-5-3-9(11)4-6-16/h1-2,9,11H,3-8,14H2,(H,15,17)/t11-/m0/s1. The van der Waals surface area contributed by atoms with Gasteiger partial charge in [0.05, 0.1) is 4.88 Å². The van der Waals surface area contributed by atoms with Gasteiger partial charge < -0.3 is 16.0 Å². The van der Waals surface area contributed by atoms with E-state index in [0.29, 0.717) is 18.5 Å². The van der Waals surface area contributed by atoms with Crippen LogP contribution in [0.1, 0.15) is 27.4 Å². The van der Waals surface area contributed by atoms with Gasteiger partial charge in [-0.25, -0.2) is 0 Å². The Morgan fingerprint density at radius 2 is 2.22 bits per heavy atom. The summed E-state index contributed by atoms with van der Waals surface area (Å²) in [6.45, 7) is 3.93. The van der Waals surface area contributed by atoms with Crippen molar-refractivity contribution < 1.29 is 4.79 Å². The quantitative estimate of drug-likeness (QED) is 0.858. The van der Waals surface area contributed by atoms with Gasteiger partial charge in [-0.15, -0.1) is 11.3 Å². The summed E-state index contributed by atoms with van der Waals surface area (Å²) in [5.74, 6) is 0.742. The Bertz CT molecular complexity index is 437. The highest BCUT2D eigenvalue weighted by atomic mass is 32.1. The molecule has 98 valence electrons. The number of carbonyl (C=O) groups excluding carboxylic acids is 1. The van der Waals surface area contributed by atoms with Gasteiger partial charge in [0, 0.05) is 24.0 Å². The maximum absolute atomic E-state index is 12.2. The van der Waals surface area contributed by atoms with Crippen LogP contribution < -0.4 is 11.1 Å². The Morgan fingerprint density at radius 3 is 2.78 bits per heavy atom. The molecular formula is C13H19N3OS. The normalized spacial score (nSPS) is 30.4. The smallest absolute Gasteiger partial charge is 0.261 e. The van der Waals surface area contributed by atoms with E-state index in [0.717, 1.165) is 16.3 Å². The third kappa shape index (κ3) is 2.30. The summed E-state index contributed by atoms with van der Waals surface area (Å²) >= 11 is 1.50. The second-order valence-electron chi connectivity index (χ2n) is 5.19. The number of nitrogens with one attached hydrogen (secondary N) is 1. The third-order valence-corrected chi connectivity index (χ3v) is 5.17. The number of thiophene rings is 1. The van der Waals surface area contributed by atoms with E-state index in [1.165, 1.54) is 37.3 Å². The fourth-order valence-electron chi connectivity index (χ4n) is 2.98. The van der Waals surface area contributed by atoms with Crippen molar-refractivity contribution in [2.24, 2.45) is 11.7 Å². The van der Waals surface area contributed by atoms with Crippen LogP contribution in [0, 0.1) is 5.92 Å². The van der Waals surface area contributed by atoms with Crippen LogP contribution in [0.5, 0.6) is 0 Å². The van der Waals surface area contributed by atoms with Gasteiger partial charge in [-0.1, -0.05) is 0 Å². The molecule has 4 nitrogen and oxygen atoms in total. The molecule has 3 N–H and O–H groups in total. The average Bonchev–Trinajstić information content (AvgIpc) is 2.89. The summed E-state index contributed by atoms with van der Waals surface area (Å²) in [5, 5.41) is 3.19. The minimum Gasteiger partial charge on any atom is -0.347 e. The van der Waals surface area contributed by atoms with Crippen LogP contribution in [-0.2, 0) is 6.54 Å². The van der Waals surface area contributed by atoms with Crippen LogP contribution in [0.3, 0.4) is 0 Å². The van der Waals surface area contributed by atoms with E-state index in [4.69, 9.17) is 5.73 Å². The van der Waals surface area contributed by atoms with E-state index in [1.54, 1.807) is 0 Å². The number of amides is 1. The van der Waals surface area contributed by atoms with Crippen molar-refractivity contribution >= 4 is 17.2 Å². The zero-order chi connectivity index (χ0) is 12.5. The molecule has 0 aliphatic carbocycles. The second-order valence-corrected chi connectivity index (χ2v) is 6.36. The molecule has 4 heterocycles. The fourth-order valence-corrected chi connectivity index (χ4v) is 3.77. The molecule has 4 rings (SSSR count). The van der Waals surface area contributed by atoms with Gasteiger partial charge in [0.25, 0.3) is 5.91 Å². The molecule has 3 aliphatic rings. The van der Waals surface area contributed by atoms with E-state index in [2.05, 4.69) is 10.2 Å². The summed E-state index contributed by atoms with van der Waals surface area (Å²) in [6, 6.07) is 4.16. The van der Waals surface area contributed by atoms with Gasteiger partial charge in [-0.05, 0) is 44.0 Å². The number of nitrogens with two attached hydrogens (primary N) is 1. The lowest BCUT2D eigenvalue weighted by Gasteiger charge is -2.44. The molecule has 18 heavy (non-hydrogen) atoms. The molecule has 3 fully saturated rings. The molecule has 3 saturated heterocycles. The van der Waals surface area contributed by atoms with E-state index in [9.17, 15) is 4.79 Å². The van der Waals surface area contributed by atoms with E-state index < -0.39 is 0 Å². The molecule has 0 unspecified atom stereocenters. The van der Waals surface area contributed by atoms with Crippen LogP contribution in [0.2, 0.25) is 0 Å². The first-order valence-electron chi connectivity index (χ1n) is 6.58. The highest BCUT2D eigenvalue weighted by Crippen LogP contribution is 2.28. The Balaban J connectivity index is 1.64. The average molecular weight is 265 g/mol. The van der Waals surface area contributed by atoms with Gasteiger partial charge in [0.15, 0.2) is 0 Å². The zero-order valence-electron chi connectivity index (χ0n) is 10.4. The Kier molecular flexibility index (Phi) is 3.37. The van der Waals surface area contributed by atoms with Crippen LogP contribution in [0.15, 0.2) is 12.1 Å². The van der Waals surface area contributed by atoms with Gasteiger partial charge in [-0.3, -0.25) is 4.79 Å². The third-order valence-electron chi connectivity index (χ3n) is 4.06. The largest absolute Gasteiger partial charge is 0.347 e. The maximum Gasteiger partial charge on any atom is 0.261 e. The van der Waals surface area contributed by atoms with Crippen molar-refractivity contribution in [2.45, 2.75) is 25.4 Å². The zero-order valence-corrected chi connectivity index (χ0v) is 11.2. The number of carbonyl (C=O) groups is 1. The molecule has 3 aliphatic heterocycles. The second kappa shape index (κ2) is 4.99. The van der Waals surface area contributed by atoms with Gasteiger partial charge in [0.2, 0.25) is 0 Å². The topological polar surface area (TPSA) is 58.4 Å². The minimum absolute atomic E-state index is 0.0680. The maximum atomic E-state index is 12.2. The summed E-state index contributed by atoms with van der Waals surface area (Å²) in [7, 11) is 0. The van der Waals surface area contributed by atoms with Crippen molar-refractivity contribution in [3.8, 4) is 0 Å². The monoisotopic (exact) mass is 265 g/mol. The predicted octanol–water partition coefficient (Wildman–Crippen LogP) is 1.03. The molecule has 1 aromatic heterocycles. The number of hydrogen-bond donors (Lipinski definition) is 2. The highest BCUT2D eigenvalue weighted by molar-refractivity contribution is 7.14. The van der Waals surface area contributed by atoms with E-state index in [-0.39, 0.29) is 5.91 Å². The molecule has 2 bridgehead atoms. The molecule has 0 radical (unpaired) electrons. The van der Waals surface area contributed by atoms with Crippen LogP contribution in [-0.4, -0.2) is 36.5 Å². The number of rotatable bonds is 3. The number of piperidine rings is 3. The molecule has 0 aromatic carbocycles. The van der Waals surface area contributed by atoms with Crippen molar-refractivity contribution in [2.75, 3.05) is 19.6 Å². The summed E-state index contributed by atoms with van der Waals surface area (Å²) < 4.78 is 0. The van der Waals surface area contributed by atoms with Crippen molar-refractivity contribution in [3.05, 3.63) is 21.9 Å². The van der Waals surface area contributed by atoms with Crippen LogP contribution in [0.4, 0.5) is 0 Å². The van der Waals surface area contributed by atoms with E-state index in [1.807, 2.05) is 12.1 Å². The molecule has 1 atom stereocenters. The molecule has 0 saturated carbocycles. The summed E-state index contributed by atoms with van der Waals surface area (Å²) in [5.41, 5.74) is 5.57. The van der Waals surface area contributed by atoms with Crippen molar-refractivity contribution in [1.82, 2.24) is 10.2 Å². The molecule has 5 heteroatoms.